The second-order valence-electron chi connectivity index (χ2n) is 8.57. The summed E-state index contributed by atoms with van der Waals surface area (Å²) < 4.78 is 8.07. The highest BCUT2D eigenvalue weighted by Gasteiger charge is 2.22. The Kier molecular flexibility index (Phi) is 5.36. The molecule has 0 unspecified atom stereocenters. The summed E-state index contributed by atoms with van der Waals surface area (Å²) in [5.41, 5.74) is 8.10. The number of thiazole rings is 1. The van der Waals surface area contributed by atoms with Gasteiger partial charge in [-0.2, -0.15) is 0 Å². The fraction of sp³-hybridized carbons (Fsp3) is 0.308. The summed E-state index contributed by atoms with van der Waals surface area (Å²) in [6.45, 7) is 7.17. The van der Waals surface area contributed by atoms with Crippen LogP contribution >= 0.6 is 11.3 Å². The molecule has 1 aliphatic carbocycles. The van der Waals surface area contributed by atoms with E-state index < -0.39 is 0 Å². The number of aryl methyl sites for hydroxylation is 3. The number of hydrogen-bond acceptors (Lipinski definition) is 4. The lowest BCUT2D eigenvalue weighted by atomic mass is 10.0. The van der Waals surface area contributed by atoms with Gasteiger partial charge in [0.25, 0.3) is 0 Å². The van der Waals surface area contributed by atoms with Crippen LogP contribution in [0.1, 0.15) is 40.2 Å². The predicted octanol–water partition coefficient (Wildman–Crippen LogP) is 6.30. The molecule has 31 heavy (non-hydrogen) atoms. The third-order valence-electron chi connectivity index (χ3n) is 5.87. The second kappa shape index (κ2) is 8.31. The maximum atomic E-state index is 6.03. The van der Waals surface area contributed by atoms with Crippen molar-refractivity contribution in [1.29, 1.82) is 0 Å². The van der Waals surface area contributed by atoms with E-state index in [4.69, 9.17) is 9.72 Å². The molecular weight excluding hydrogens is 402 g/mol. The minimum atomic E-state index is 0.770. The maximum Gasteiger partial charge on any atom is 0.122 e. The molecule has 0 radical (unpaired) electrons. The van der Waals surface area contributed by atoms with Crippen molar-refractivity contribution in [3.63, 3.8) is 0 Å². The van der Waals surface area contributed by atoms with Crippen molar-refractivity contribution >= 4 is 11.3 Å². The highest BCUT2D eigenvalue weighted by atomic mass is 32.1. The zero-order chi connectivity index (χ0) is 21.4. The number of ether oxygens (including phenoxy) is 1. The van der Waals surface area contributed by atoms with Crippen molar-refractivity contribution in [2.75, 3.05) is 6.61 Å². The van der Waals surface area contributed by atoms with Crippen LogP contribution in [0.25, 0.3) is 16.9 Å². The zero-order valence-corrected chi connectivity index (χ0v) is 19.1. The first-order valence-electron chi connectivity index (χ1n) is 10.8. The van der Waals surface area contributed by atoms with E-state index in [1.165, 1.54) is 29.5 Å². The lowest BCUT2D eigenvalue weighted by Gasteiger charge is -2.13. The van der Waals surface area contributed by atoms with E-state index in [9.17, 15) is 0 Å². The Morgan fingerprint density at radius 1 is 1.06 bits per heavy atom. The second-order valence-corrected chi connectivity index (χ2v) is 9.51. The van der Waals surface area contributed by atoms with E-state index in [0.717, 1.165) is 52.3 Å². The van der Waals surface area contributed by atoms with E-state index in [1.807, 2.05) is 24.0 Å². The van der Waals surface area contributed by atoms with E-state index in [2.05, 4.69) is 60.6 Å². The van der Waals surface area contributed by atoms with Crippen LogP contribution in [-0.4, -0.2) is 21.1 Å². The summed E-state index contributed by atoms with van der Waals surface area (Å²) in [5, 5.41) is 3.29. The standard InChI is InChI=1S/C26H27N3OS/c1-17-11-25(30-14-20-4-5-20)18(2)10-22(17)12-26-28-24(15-31-26)21-6-8-23(9-7-21)29-13-19(3)27-16-29/h6-11,13,15-16,20H,4-5,12,14H2,1-3H3. The largest absolute Gasteiger partial charge is 0.493 e. The molecule has 5 heteroatoms. The summed E-state index contributed by atoms with van der Waals surface area (Å²) in [6, 6.07) is 12.9. The quantitative estimate of drug-likeness (QED) is 0.346. The molecule has 0 N–H and O–H groups in total. The first-order chi connectivity index (χ1) is 15.0. The zero-order valence-electron chi connectivity index (χ0n) is 18.3. The van der Waals surface area contributed by atoms with Crippen LogP contribution < -0.4 is 4.74 Å². The van der Waals surface area contributed by atoms with Crippen molar-refractivity contribution in [3.8, 4) is 22.7 Å². The fourth-order valence-electron chi connectivity index (χ4n) is 3.74. The Morgan fingerprint density at radius 3 is 2.58 bits per heavy atom. The number of hydrogen-bond donors (Lipinski definition) is 0. The third kappa shape index (κ3) is 4.57. The summed E-state index contributed by atoms with van der Waals surface area (Å²) in [6.07, 6.45) is 7.36. The highest BCUT2D eigenvalue weighted by Crippen LogP contribution is 2.32. The Labute approximate surface area is 187 Å². The van der Waals surface area contributed by atoms with Crippen LogP contribution in [0.3, 0.4) is 0 Å². The van der Waals surface area contributed by atoms with Gasteiger partial charge in [-0.05, 0) is 74.4 Å². The molecule has 0 bridgehead atoms. The lowest BCUT2D eigenvalue weighted by molar-refractivity contribution is 0.297. The number of aromatic nitrogens is 3. The molecule has 5 rings (SSSR count). The van der Waals surface area contributed by atoms with Gasteiger partial charge in [-0.25, -0.2) is 9.97 Å². The molecule has 0 amide bonds. The van der Waals surface area contributed by atoms with Gasteiger partial charge in [0.05, 0.1) is 29.3 Å². The molecule has 0 saturated heterocycles. The first kappa shape index (κ1) is 20.0. The molecule has 0 atom stereocenters. The Bertz CT molecular complexity index is 1200. The van der Waals surface area contributed by atoms with Gasteiger partial charge in [0.2, 0.25) is 0 Å². The normalized spacial score (nSPS) is 13.5. The minimum absolute atomic E-state index is 0.770. The highest BCUT2D eigenvalue weighted by molar-refractivity contribution is 7.10. The van der Waals surface area contributed by atoms with Crippen molar-refractivity contribution in [3.05, 3.63) is 81.7 Å². The summed E-state index contributed by atoms with van der Waals surface area (Å²) >= 11 is 1.73. The maximum absolute atomic E-state index is 6.03. The molecule has 2 heterocycles. The van der Waals surface area contributed by atoms with Gasteiger partial charge in [-0.3, -0.25) is 0 Å². The first-order valence-corrected chi connectivity index (χ1v) is 11.7. The van der Waals surface area contributed by atoms with Crippen LogP contribution in [0.5, 0.6) is 5.75 Å². The molecule has 2 aromatic carbocycles. The van der Waals surface area contributed by atoms with Gasteiger partial charge in [0.15, 0.2) is 0 Å². The van der Waals surface area contributed by atoms with Crippen LogP contribution in [0.4, 0.5) is 0 Å². The van der Waals surface area contributed by atoms with Gasteiger partial charge in [-0.1, -0.05) is 18.2 Å². The molecule has 0 spiro atoms. The van der Waals surface area contributed by atoms with Gasteiger partial charge in [-0.15, -0.1) is 11.3 Å². The summed E-state index contributed by atoms with van der Waals surface area (Å²) in [7, 11) is 0. The molecule has 1 aliphatic rings. The average Bonchev–Trinajstić information content (AvgIpc) is 3.31. The monoisotopic (exact) mass is 429 g/mol. The van der Waals surface area contributed by atoms with Crippen molar-refractivity contribution in [2.24, 2.45) is 5.92 Å². The molecule has 4 nitrogen and oxygen atoms in total. The molecule has 1 fully saturated rings. The van der Waals surface area contributed by atoms with Gasteiger partial charge >= 0.3 is 0 Å². The van der Waals surface area contributed by atoms with E-state index >= 15 is 0 Å². The van der Waals surface area contributed by atoms with Crippen LogP contribution in [0, 0.1) is 26.7 Å². The van der Waals surface area contributed by atoms with E-state index in [1.54, 1.807) is 11.3 Å². The summed E-state index contributed by atoms with van der Waals surface area (Å²) in [4.78, 5) is 9.21. The number of nitrogens with zero attached hydrogens (tertiary/aromatic N) is 3. The molecule has 0 aliphatic heterocycles. The van der Waals surface area contributed by atoms with Crippen molar-refractivity contribution in [1.82, 2.24) is 14.5 Å². The molecule has 158 valence electrons. The van der Waals surface area contributed by atoms with Gasteiger partial charge in [0, 0.05) is 29.2 Å². The third-order valence-corrected chi connectivity index (χ3v) is 6.72. The molecule has 4 aromatic rings. The molecule has 1 saturated carbocycles. The van der Waals surface area contributed by atoms with Crippen molar-refractivity contribution < 1.29 is 4.74 Å². The topological polar surface area (TPSA) is 39.9 Å². The average molecular weight is 430 g/mol. The number of imidazole rings is 1. The number of rotatable bonds is 7. The van der Waals surface area contributed by atoms with Gasteiger partial charge < -0.3 is 9.30 Å². The lowest BCUT2D eigenvalue weighted by Crippen LogP contribution is -2.02. The van der Waals surface area contributed by atoms with Crippen LogP contribution in [0.2, 0.25) is 0 Å². The molecule has 2 aromatic heterocycles. The predicted molar refractivity (Wildman–Crippen MR) is 126 cm³/mol. The van der Waals surface area contributed by atoms with E-state index in [0.29, 0.717) is 0 Å². The number of benzene rings is 2. The van der Waals surface area contributed by atoms with Crippen LogP contribution in [0.15, 0.2) is 54.3 Å². The SMILES string of the molecule is Cc1cn(-c2ccc(-c3csc(Cc4cc(C)c(OCC5CC5)cc4C)n3)cc2)cn1. The van der Waals surface area contributed by atoms with Gasteiger partial charge in [0.1, 0.15) is 5.75 Å². The van der Waals surface area contributed by atoms with E-state index in [-0.39, 0.29) is 0 Å². The summed E-state index contributed by atoms with van der Waals surface area (Å²) in [5.74, 6) is 1.80. The minimum Gasteiger partial charge on any atom is -0.493 e. The van der Waals surface area contributed by atoms with Crippen LogP contribution in [-0.2, 0) is 6.42 Å². The Hall–Kier alpha value is -2.92. The molecular formula is C26H27N3OS. The smallest absolute Gasteiger partial charge is 0.122 e. The Morgan fingerprint density at radius 2 is 1.87 bits per heavy atom. The fourth-order valence-corrected chi connectivity index (χ4v) is 4.57. The Balaban J connectivity index is 1.30. The van der Waals surface area contributed by atoms with Crippen molar-refractivity contribution in [2.45, 2.75) is 40.0 Å².